The molecule has 0 amide bonds. The number of allylic oxidation sites excluding steroid dienone is 1. The van der Waals surface area contributed by atoms with Gasteiger partial charge >= 0.3 is 0 Å². The molecule has 0 atom stereocenters. The van der Waals surface area contributed by atoms with Crippen LogP contribution in [0, 0.1) is 5.82 Å². The number of rotatable bonds is 7. The van der Waals surface area contributed by atoms with Gasteiger partial charge in [-0.15, -0.1) is 0 Å². The summed E-state index contributed by atoms with van der Waals surface area (Å²) in [5.41, 5.74) is 1.88. The third kappa shape index (κ3) is 5.92. The van der Waals surface area contributed by atoms with Crippen LogP contribution < -0.4 is 4.74 Å². The van der Waals surface area contributed by atoms with E-state index in [4.69, 9.17) is 4.74 Å². The van der Waals surface area contributed by atoms with Crippen LogP contribution in [-0.2, 0) is 5.41 Å². The summed E-state index contributed by atoms with van der Waals surface area (Å²) >= 11 is 0. The van der Waals surface area contributed by atoms with E-state index in [9.17, 15) is 14.3 Å². The summed E-state index contributed by atoms with van der Waals surface area (Å²) in [5.74, 6) is -0.837. The highest BCUT2D eigenvalue weighted by molar-refractivity contribution is 6.08. The molecule has 0 aliphatic rings. The second-order valence-electron chi connectivity index (χ2n) is 8.02. The van der Waals surface area contributed by atoms with Crippen LogP contribution in [0.15, 0.2) is 42.5 Å². The Labute approximate surface area is 166 Å². The maximum Gasteiger partial charge on any atom is 0.189 e. The normalized spacial score (nSPS) is 12.0. The summed E-state index contributed by atoms with van der Waals surface area (Å²) in [6.07, 6.45) is 2.92. The van der Waals surface area contributed by atoms with Gasteiger partial charge in [0.15, 0.2) is 17.3 Å². The minimum atomic E-state index is -0.725. The summed E-state index contributed by atoms with van der Waals surface area (Å²) in [6.45, 7) is 7.45. The molecule has 28 heavy (non-hydrogen) atoms. The van der Waals surface area contributed by atoms with Crippen molar-refractivity contribution in [2.24, 2.45) is 0 Å². The summed E-state index contributed by atoms with van der Waals surface area (Å²) in [7, 11) is 3.91. The second-order valence-corrected chi connectivity index (χ2v) is 8.02. The molecule has 0 saturated carbocycles. The van der Waals surface area contributed by atoms with Crippen molar-refractivity contribution in [1.29, 1.82) is 0 Å². The van der Waals surface area contributed by atoms with Crippen LogP contribution in [0.5, 0.6) is 11.5 Å². The van der Waals surface area contributed by atoms with Crippen molar-refractivity contribution in [1.82, 2.24) is 4.90 Å². The van der Waals surface area contributed by atoms with Crippen molar-refractivity contribution in [3.63, 3.8) is 0 Å². The maximum atomic E-state index is 13.5. The summed E-state index contributed by atoms with van der Waals surface area (Å²) in [4.78, 5) is 14.9. The highest BCUT2D eigenvalue weighted by Crippen LogP contribution is 2.29. The van der Waals surface area contributed by atoms with Gasteiger partial charge in [0.2, 0.25) is 0 Å². The van der Waals surface area contributed by atoms with E-state index in [0.29, 0.717) is 23.5 Å². The highest BCUT2D eigenvalue weighted by Gasteiger charge is 2.18. The Balaban J connectivity index is 2.31. The van der Waals surface area contributed by atoms with Crippen molar-refractivity contribution in [2.45, 2.75) is 26.2 Å². The molecule has 1 N–H and O–H groups in total. The Hall–Kier alpha value is -2.66. The van der Waals surface area contributed by atoms with Gasteiger partial charge in [-0.05, 0) is 61.0 Å². The fourth-order valence-corrected chi connectivity index (χ4v) is 2.54. The lowest BCUT2D eigenvalue weighted by atomic mass is 9.85. The molecule has 0 aromatic heterocycles. The van der Waals surface area contributed by atoms with Gasteiger partial charge < -0.3 is 14.7 Å². The van der Waals surface area contributed by atoms with Gasteiger partial charge in [0.1, 0.15) is 12.4 Å². The summed E-state index contributed by atoms with van der Waals surface area (Å²) in [6, 6.07) is 9.64. The van der Waals surface area contributed by atoms with Gasteiger partial charge in [-0.3, -0.25) is 4.79 Å². The minimum Gasteiger partial charge on any atom is -0.505 e. The second kappa shape index (κ2) is 9.02. The maximum absolute atomic E-state index is 13.5. The molecule has 0 saturated heterocycles. The largest absolute Gasteiger partial charge is 0.505 e. The van der Waals surface area contributed by atoms with Gasteiger partial charge in [-0.25, -0.2) is 4.39 Å². The first kappa shape index (κ1) is 21.6. The van der Waals surface area contributed by atoms with Crippen molar-refractivity contribution in [2.75, 3.05) is 27.2 Å². The van der Waals surface area contributed by atoms with Crippen LogP contribution in [0.4, 0.5) is 4.39 Å². The molecule has 0 aliphatic carbocycles. The minimum absolute atomic E-state index is 0.110. The van der Waals surface area contributed by atoms with Gasteiger partial charge in [0.05, 0.1) is 5.56 Å². The van der Waals surface area contributed by atoms with E-state index in [2.05, 4.69) is 20.8 Å². The number of hydrogen-bond acceptors (Lipinski definition) is 4. The van der Waals surface area contributed by atoms with E-state index in [1.54, 1.807) is 6.07 Å². The molecular weight excluding hydrogens is 357 g/mol. The highest BCUT2D eigenvalue weighted by atomic mass is 19.1. The number of phenols is 1. The van der Waals surface area contributed by atoms with Crippen LogP contribution >= 0.6 is 0 Å². The zero-order valence-corrected chi connectivity index (χ0v) is 17.1. The lowest BCUT2D eigenvalue weighted by molar-refractivity contribution is 0.104. The number of benzene rings is 2. The smallest absolute Gasteiger partial charge is 0.189 e. The third-order valence-electron chi connectivity index (χ3n) is 4.31. The Kier molecular flexibility index (Phi) is 6.97. The number of aromatic hydroxyl groups is 1. The topological polar surface area (TPSA) is 49.8 Å². The molecular formula is C23H28FNO3. The number of phenolic OH excluding ortho intramolecular Hbond substituents is 1. The van der Waals surface area contributed by atoms with Crippen molar-refractivity contribution in [3.8, 4) is 11.5 Å². The molecule has 4 nitrogen and oxygen atoms in total. The van der Waals surface area contributed by atoms with Gasteiger partial charge in [-0.1, -0.05) is 39.0 Å². The Bertz CT molecular complexity index is 867. The third-order valence-corrected chi connectivity index (χ3v) is 4.31. The molecule has 0 spiro atoms. The number of hydrogen-bond donors (Lipinski definition) is 1. The quantitative estimate of drug-likeness (QED) is 0.556. The number of likely N-dealkylation sites (N-methyl/N-ethyl adjacent to an activating group) is 1. The number of ketones is 1. The van der Waals surface area contributed by atoms with Gasteiger partial charge in [-0.2, -0.15) is 0 Å². The molecule has 0 fully saturated rings. The van der Waals surface area contributed by atoms with Crippen molar-refractivity contribution < 1.29 is 19.0 Å². The van der Waals surface area contributed by atoms with E-state index in [1.807, 2.05) is 37.2 Å². The fourth-order valence-electron chi connectivity index (χ4n) is 2.54. The zero-order chi connectivity index (χ0) is 20.9. The molecule has 150 valence electrons. The predicted molar refractivity (Wildman–Crippen MR) is 111 cm³/mol. The molecule has 0 bridgehead atoms. The fraction of sp³-hybridized carbons (Fsp3) is 0.348. The Morgan fingerprint density at radius 2 is 1.89 bits per heavy atom. The first-order chi connectivity index (χ1) is 13.1. The average Bonchev–Trinajstić information content (AvgIpc) is 2.61. The Morgan fingerprint density at radius 3 is 2.50 bits per heavy atom. The van der Waals surface area contributed by atoms with Gasteiger partial charge in [0.25, 0.3) is 0 Å². The van der Waals surface area contributed by atoms with Crippen LogP contribution in [0.1, 0.15) is 42.3 Å². The zero-order valence-electron chi connectivity index (χ0n) is 17.1. The molecule has 2 rings (SSSR count). The molecule has 2 aromatic carbocycles. The first-order valence-corrected chi connectivity index (χ1v) is 9.21. The van der Waals surface area contributed by atoms with E-state index in [-0.39, 0.29) is 11.2 Å². The van der Waals surface area contributed by atoms with Crippen molar-refractivity contribution in [3.05, 3.63) is 65.0 Å². The number of halogens is 1. The molecule has 0 radical (unpaired) electrons. The summed E-state index contributed by atoms with van der Waals surface area (Å²) < 4.78 is 19.3. The van der Waals surface area contributed by atoms with Crippen LogP contribution in [0.25, 0.3) is 6.08 Å². The van der Waals surface area contributed by atoms with Crippen molar-refractivity contribution >= 4 is 11.9 Å². The van der Waals surface area contributed by atoms with Crippen LogP contribution in [-0.4, -0.2) is 43.0 Å². The predicted octanol–water partition coefficient (Wildman–Crippen LogP) is 4.67. The number of carbonyl (C=O) groups is 1. The average molecular weight is 385 g/mol. The molecule has 0 heterocycles. The van der Waals surface area contributed by atoms with Crippen LogP contribution in [0.3, 0.4) is 0 Å². The van der Waals surface area contributed by atoms with Gasteiger partial charge in [0, 0.05) is 6.54 Å². The molecule has 5 heteroatoms. The number of carbonyl (C=O) groups excluding carboxylic acids is 1. The van der Waals surface area contributed by atoms with Crippen LogP contribution in [0.2, 0.25) is 0 Å². The number of nitrogens with zero attached hydrogens (tertiary/aromatic N) is 1. The van der Waals surface area contributed by atoms with E-state index < -0.39 is 11.6 Å². The molecule has 2 aromatic rings. The monoisotopic (exact) mass is 385 g/mol. The SMILES string of the molecule is CN(C)CCOc1ccc(C(C)(C)C)cc1C(=O)/C=C/c1ccc(O)c(F)c1. The Morgan fingerprint density at radius 1 is 1.18 bits per heavy atom. The van der Waals surface area contributed by atoms with E-state index >= 15 is 0 Å². The molecule has 0 aliphatic heterocycles. The van der Waals surface area contributed by atoms with E-state index in [1.165, 1.54) is 24.3 Å². The lowest BCUT2D eigenvalue weighted by Crippen LogP contribution is -2.20. The van der Waals surface area contributed by atoms with E-state index in [0.717, 1.165) is 12.1 Å². The standard InChI is InChI=1S/C23H28FNO3/c1-23(2,3)17-8-11-22(28-13-12-25(4)5)18(15-17)20(26)9-6-16-7-10-21(27)19(24)14-16/h6-11,14-15,27H,12-13H2,1-5H3/b9-6+. The first-order valence-electron chi connectivity index (χ1n) is 9.21. The lowest BCUT2D eigenvalue weighted by Gasteiger charge is -2.21. The summed E-state index contributed by atoms with van der Waals surface area (Å²) in [5, 5.41) is 9.28. The number of ether oxygens (including phenoxy) is 1. The molecule has 0 unspecified atom stereocenters.